The fourth-order valence-electron chi connectivity index (χ4n) is 6.80. The summed E-state index contributed by atoms with van der Waals surface area (Å²) in [5, 5.41) is 0. The van der Waals surface area contributed by atoms with Gasteiger partial charge in [0, 0.05) is 52.4 Å². The summed E-state index contributed by atoms with van der Waals surface area (Å²) in [6, 6.07) is 38.3. The van der Waals surface area contributed by atoms with Crippen LogP contribution in [0.5, 0.6) is 0 Å². The summed E-state index contributed by atoms with van der Waals surface area (Å²) in [4.78, 5) is 31.7. The van der Waals surface area contributed by atoms with Crippen LogP contribution in [0.15, 0.2) is 121 Å². The molecule has 6 nitrogen and oxygen atoms in total. The average Bonchev–Trinajstić information content (AvgIpc) is 3.13. The summed E-state index contributed by atoms with van der Waals surface area (Å²) in [6.45, 7) is 0.0938. The Kier molecular flexibility index (Phi) is 9.93. The third kappa shape index (κ3) is 6.73. The fraction of sp³-hybridized carbons (Fsp3) is 0.316. The molecule has 48 heavy (non-hydrogen) atoms. The summed E-state index contributed by atoms with van der Waals surface area (Å²) in [7, 11) is 0. The van der Waals surface area contributed by atoms with Crippen molar-refractivity contribution in [2.75, 3.05) is 52.4 Å². The molecule has 2 saturated heterocycles. The van der Waals surface area contributed by atoms with Crippen molar-refractivity contribution in [3.05, 3.63) is 144 Å². The first-order valence-electron chi connectivity index (χ1n) is 16.2. The molecule has 6 rings (SSSR count). The van der Waals surface area contributed by atoms with Crippen LogP contribution in [-0.4, -0.2) is 95.6 Å². The highest BCUT2D eigenvalue weighted by Gasteiger charge is 2.69. The van der Waals surface area contributed by atoms with Crippen molar-refractivity contribution in [3.63, 3.8) is 0 Å². The van der Waals surface area contributed by atoms with Crippen LogP contribution in [0.3, 0.4) is 0 Å². The first kappa shape index (κ1) is 33.4. The van der Waals surface area contributed by atoms with Crippen LogP contribution in [0.1, 0.15) is 34.3 Å². The number of alkyl halides is 4. The number of piperazine rings is 2. The molecule has 0 unspecified atom stereocenters. The summed E-state index contributed by atoms with van der Waals surface area (Å²) in [5.41, 5.74) is 3.96. The van der Waals surface area contributed by atoms with E-state index in [9.17, 15) is 9.59 Å². The molecule has 2 heterocycles. The molecule has 4 aromatic rings. The standard InChI is InChI=1S/C38H38F4N4O2/c39-37(40,35(47)45-25-21-43(22-26-45)33(29-13-5-1-6-14-29)30-15-7-2-8-16-30)38(41,42)36(48)46-27-23-44(24-28-46)34(31-17-9-3-10-18-31)32-19-11-4-12-20-32/h1-20,33-34H,21-28H2. The van der Waals surface area contributed by atoms with Crippen LogP contribution in [0.2, 0.25) is 0 Å². The minimum absolute atomic E-state index is 0.173. The number of rotatable bonds is 9. The molecule has 2 fully saturated rings. The first-order valence-corrected chi connectivity index (χ1v) is 16.2. The number of nitrogens with zero attached hydrogens (tertiary/aromatic N) is 4. The maximum Gasteiger partial charge on any atom is 0.395 e. The number of hydrogen-bond acceptors (Lipinski definition) is 4. The lowest BCUT2D eigenvalue weighted by Gasteiger charge is -2.42. The molecule has 2 amide bonds. The first-order chi connectivity index (χ1) is 23.2. The van der Waals surface area contributed by atoms with Gasteiger partial charge >= 0.3 is 11.8 Å². The largest absolute Gasteiger partial charge is 0.395 e. The Bertz CT molecular complexity index is 1440. The molecule has 0 spiro atoms. The Labute approximate surface area is 278 Å². The molecule has 0 bridgehead atoms. The second-order valence-corrected chi connectivity index (χ2v) is 12.3. The van der Waals surface area contributed by atoms with Crippen molar-refractivity contribution in [1.82, 2.24) is 19.6 Å². The van der Waals surface area contributed by atoms with Crippen LogP contribution in [0, 0.1) is 0 Å². The number of carbonyl (C=O) groups is 2. The fourth-order valence-corrected chi connectivity index (χ4v) is 6.80. The molecule has 10 heteroatoms. The second-order valence-electron chi connectivity index (χ2n) is 12.3. The number of hydrogen-bond donors (Lipinski definition) is 0. The van der Waals surface area contributed by atoms with Gasteiger partial charge in [-0.05, 0) is 22.3 Å². The van der Waals surface area contributed by atoms with E-state index < -0.39 is 23.7 Å². The van der Waals surface area contributed by atoms with Gasteiger partial charge in [0.25, 0.3) is 11.8 Å². The van der Waals surface area contributed by atoms with Crippen molar-refractivity contribution in [3.8, 4) is 0 Å². The average molecular weight is 659 g/mol. The molecule has 0 saturated carbocycles. The van der Waals surface area contributed by atoms with E-state index in [0.717, 1.165) is 32.1 Å². The molecule has 2 aliphatic heterocycles. The SMILES string of the molecule is O=C(N1CCN(C(c2ccccc2)c2ccccc2)CC1)C(F)(F)C(F)(F)C(=O)N1CCN(C(c2ccccc2)c2ccccc2)CC1. The number of amides is 2. The van der Waals surface area contributed by atoms with Crippen LogP contribution in [0.25, 0.3) is 0 Å². The van der Waals surface area contributed by atoms with Gasteiger partial charge in [-0.25, -0.2) is 0 Å². The summed E-state index contributed by atoms with van der Waals surface area (Å²) >= 11 is 0. The Morgan fingerprint density at radius 2 is 0.646 bits per heavy atom. The maximum absolute atomic E-state index is 15.4. The summed E-state index contributed by atoms with van der Waals surface area (Å²) in [5.74, 6) is -14.4. The van der Waals surface area contributed by atoms with Crippen molar-refractivity contribution in [1.29, 1.82) is 0 Å². The highest BCUT2D eigenvalue weighted by atomic mass is 19.3. The molecule has 4 aromatic carbocycles. The van der Waals surface area contributed by atoms with Gasteiger partial charge in [-0.15, -0.1) is 0 Å². The van der Waals surface area contributed by atoms with E-state index in [4.69, 9.17) is 0 Å². The van der Waals surface area contributed by atoms with Crippen molar-refractivity contribution >= 4 is 11.8 Å². The number of benzene rings is 4. The summed E-state index contributed by atoms with van der Waals surface area (Å²) < 4.78 is 61.6. The number of halogens is 4. The molecular weight excluding hydrogens is 620 g/mol. The van der Waals surface area contributed by atoms with Crippen LogP contribution < -0.4 is 0 Å². The lowest BCUT2D eigenvalue weighted by atomic mass is 9.96. The van der Waals surface area contributed by atoms with Gasteiger partial charge in [-0.1, -0.05) is 121 Å². The molecular formula is C38H38F4N4O2. The second kappa shape index (κ2) is 14.3. The van der Waals surface area contributed by atoms with E-state index in [2.05, 4.69) is 0 Å². The zero-order chi connectivity index (χ0) is 33.7. The third-order valence-corrected chi connectivity index (χ3v) is 9.33. The van der Waals surface area contributed by atoms with Crippen molar-refractivity contribution < 1.29 is 27.2 Å². The minimum Gasteiger partial charge on any atom is -0.335 e. The van der Waals surface area contributed by atoms with Gasteiger partial charge in [-0.3, -0.25) is 19.4 Å². The predicted octanol–water partition coefficient (Wildman–Crippen LogP) is 6.12. The number of carbonyl (C=O) groups excluding carboxylic acids is 2. The van der Waals surface area contributed by atoms with Crippen molar-refractivity contribution in [2.24, 2.45) is 0 Å². The van der Waals surface area contributed by atoms with Crippen molar-refractivity contribution in [2.45, 2.75) is 23.9 Å². The monoisotopic (exact) mass is 658 g/mol. The quantitative estimate of drug-likeness (QED) is 0.203. The molecule has 250 valence electrons. The highest BCUT2D eigenvalue weighted by Crippen LogP contribution is 2.39. The highest BCUT2D eigenvalue weighted by molar-refractivity contribution is 5.95. The van der Waals surface area contributed by atoms with E-state index in [-0.39, 0.29) is 64.4 Å². The molecule has 0 aromatic heterocycles. The van der Waals surface area contributed by atoms with Gasteiger partial charge in [0.05, 0.1) is 12.1 Å². The van der Waals surface area contributed by atoms with Gasteiger partial charge in [0.2, 0.25) is 0 Å². The van der Waals surface area contributed by atoms with Gasteiger partial charge in [0.1, 0.15) is 0 Å². The molecule has 0 N–H and O–H groups in total. The van der Waals surface area contributed by atoms with Gasteiger partial charge < -0.3 is 9.80 Å². The zero-order valence-electron chi connectivity index (χ0n) is 26.5. The zero-order valence-corrected chi connectivity index (χ0v) is 26.5. The smallest absolute Gasteiger partial charge is 0.335 e. The molecule has 0 radical (unpaired) electrons. The molecule has 0 atom stereocenters. The Hall–Kier alpha value is -4.54. The van der Waals surface area contributed by atoms with E-state index in [1.165, 1.54) is 0 Å². The molecule has 2 aliphatic rings. The van der Waals surface area contributed by atoms with E-state index in [1.54, 1.807) is 0 Å². The molecule has 0 aliphatic carbocycles. The van der Waals surface area contributed by atoms with Crippen LogP contribution in [-0.2, 0) is 9.59 Å². The van der Waals surface area contributed by atoms with E-state index in [0.29, 0.717) is 0 Å². The Balaban J connectivity index is 1.10. The van der Waals surface area contributed by atoms with E-state index in [1.807, 2.05) is 131 Å². The topological polar surface area (TPSA) is 47.1 Å². The predicted molar refractivity (Wildman–Crippen MR) is 176 cm³/mol. The normalized spacial score (nSPS) is 16.8. The van der Waals surface area contributed by atoms with Crippen LogP contribution >= 0.6 is 0 Å². The maximum atomic E-state index is 15.4. The third-order valence-electron chi connectivity index (χ3n) is 9.33. The van der Waals surface area contributed by atoms with Gasteiger partial charge in [0.15, 0.2) is 0 Å². The Morgan fingerprint density at radius 1 is 0.417 bits per heavy atom. The van der Waals surface area contributed by atoms with E-state index >= 15 is 17.6 Å². The lowest BCUT2D eigenvalue weighted by molar-refractivity contribution is -0.224. The van der Waals surface area contributed by atoms with Gasteiger partial charge in [-0.2, -0.15) is 17.6 Å². The van der Waals surface area contributed by atoms with Crippen LogP contribution in [0.4, 0.5) is 17.6 Å². The lowest BCUT2D eigenvalue weighted by Crippen LogP contribution is -2.64. The Morgan fingerprint density at radius 3 is 0.875 bits per heavy atom. The minimum atomic E-state index is -5.20. The summed E-state index contributed by atoms with van der Waals surface area (Å²) in [6.07, 6.45) is 0.